The van der Waals surface area contributed by atoms with Gasteiger partial charge in [-0.25, -0.2) is 8.42 Å². The lowest BCUT2D eigenvalue weighted by atomic mass is 9.93. The highest BCUT2D eigenvalue weighted by atomic mass is 32.2. The van der Waals surface area contributed by atoms with E-state index in [-0.39, 0.29) is 6.10 Å². The Morgan fingerprint density at radius 3 is 2.42 bits per heavy atom. The zero-order valence-electron chi connectivity index (χ0n) is 11.4. The molecule has 0 heterocycles. The van der Waals surface area contributed by atoms with Crippen LogP contribution in [0.25, 0.3) is 0 Å². The number of sulfone groups is 1. The number of benzene rings is 1. The maximum Gasteiger partial charge on any atom is 0.175 e. The second-order valence-electron chi connectivity index (χ2n) is 5.40. The molecule has 106 valence electrons. The number of aryl methyl sites for hydroxylation is 1. The van der Waals surface area contributed by atoms with Crippen LogP contribution in [0.2, 0.25) is 0 Å². The van der Waals surface area contributed by atoms with Crippen LogP contribution in [0.5, 0.6) is 0 Å². The van der Waals surface area contributed by atoms with E-state index in [0.717, 1.165) is 36.9 Å². The summed E-state index contributed by atoms with van der Waals surface area (Å²) in [5, 5.41) is 12.9. The summed E-state index contributed by atoms with van der Waals surface area (Å²) in [5.74, 6) is 0. The molecule has 1 aromatic carbocycles. The van der Waals surface area contributed by atoms with E-state index in [1.165, 1.54) is 6.26 Å². The second-order valence-corrected chi connectivity index (χ2v) is 7.41. The van der Waals surface area contributed by atoms with Gasteiger partial charge in [0.05, 0.1) is 11.0 Å². The van der Waals surface area contributed by atoms with Crippen molar-refractivity contribution in [2.75, 3.05) is 11.6 Å². The molecule has 0 saturated heterocycles. The number of rotatable bonds is 3. The molecule has 0 amide bonds. The molecule has 0 radical (unpaired) electrons. The van der Waals surface area contributed by atoms with Crippen LogP contribution in [-0.2, 0) is 9.84 Å². The molecule has 0 aromatic heterocycles. The van der Waals surface area contributed by atoms with Crippen LogP contribution in [0.4, 0.5) is 5.69 Å². The molecular formula is C14H21NO3S. The van der Waals surface area contributed by atoms with Crippen LogP contribution < -0.4 is 5.32 Å². The van der Waals surface area contributed by atoms with Crippen LogP contribution >= 0.6 is 0 Å². The lowest BCUT2D eigenvalue weighted by Gasteiger charge is -2.27. The van der Waals surface area contributed by atoms with Crippen LogP contribution in [0, 0.1) is 6.92 Å². The Balaban J connectivity index is 2.16. The van der Waals surface area contributed by atoms with E-state index in [1.807, 2.05) is 13.0 Å². The summed E-state index contributed by atoms with van der Waals surface area (Å²) in [6, 6.07) is 5.49. The summed E-state index contributed by atoms with van der Waals surface area (Å²) in [6.07, 6.45) is 4.50. The van der Waals surface area contributed by atoms with E-state index >= 15 is 0 Å². The molecule has 19 heavy (non-hydrogen) atoms. The number of nitrogens with one attached hydrogen (secondary N) is 1. The van der Waals surface area contributed by atoms with E-state index in [2.05, 4.69) is 5.32 Å². The monoisotopic (exact) mass is 283 g/mol. The molecule has 5 heteroatoms. The normalized spacial score (nSPS) is 24.2. The third-order valence-electron chi connectivity index (χ3n) is 3.69. The first-order valence-corrected chi connectivity index (χ1v) is 8.51. The molecule has 1 aliphatic carbocycles. The van der Waals surface area contributed by atoms with Crippen molar-refractivity contribution in [1.82, 2.24) is 0 Å². The van der Waals surface area contributed by atoms with Crippen LogP contribution in [0.3, 0.4) is 0 Å². The van der Waals surface area contributed by atoms with Gasteiger partial charge in [0.2, 0.25) is 0 Å². The average molecular weight is 283 g/mol. The van der Waals surface area contributed by atoms with Gasteiger partial charge in [0.15, 0.2) is 9.84 Å². The molecule has 2 rings (SSSR count). The number of aliphatic hydroxyl groups excluding tert-OH is 1. The van der Waals surface area contributed by atoms with Crippen molar-refractivity contribution >= 4 is 15.5 Å². The zero-order valence-corrected chi connectivity index (χ0v) is 12.2. The molecule has 1 aromatic rings. The highest BCUT2D eigenvalue weighted by Gasteiger charge is 2.20. The fourth-order valence-electron chi connectivity index (χ4n) is 2.43. The highest BCUT2D eigenvalue weighted by molar-refractivity contribution is 7.90. The number of hydrogen-bond acceptors (Lipinski definition) is 4. The summed E-state index contributed by atoms with van der Waals surface area (Å²) in [7, 11) is -3.17. The average Bonchev–Trinajstić information content (AvgIpc) is 2.33. The number of anilines is 1. The SMILES string of the molecule is Cc1ccc(S(C)(=O)=O)cc1NC1CCC(O)CC1. The molecule has 1 fully saturated rings. The quantitative estimate of drug-likeness (QED) is 0.891. The Morgan fingerprint density at radius 1 is 1.21 bits per heavy atom. The molecule has 0 unspecified atom stereocenters. The Kier molecular flexibility index (Phi) is 4.16. The topological polar surface area (TPSA) is 66.4 Å². The van der Waals surface area contributed by atoms with Crippen LogP contribution in [0.1, 0.15) is 31.2 Å². The molecule has 0 spiro atoms. The molecule has 2 N–H and O–H groups in total. The van der Waals surface area contributed by atoms with Gasteiger partial charge in [-0.15, -0.1) is 0 Å². The van der Waals surface area contributed by atoms with Crippen molar-refractivity contribution in [2.45, 2.75) is 49.6 Å². The standard InChI is InChI=1S/C14H21NO3S/c1-10-3-8-13(19(2,17)18)9-14(10)15-11-4-6-12(16)7-5-11/h3,8-9,11-12,15-16H,4-7H2,1-2H3. The first-order valence-electron chi connectivity index (χ1n) is 6.61. The van der Waals surface area contributed by atoms with Crippen molar-refractivity contribution in [3.8, 4) is 0 Å². The van der Waals surface area contributed by atoms with Gasteiger partial charge < -0.3 is 10.4 Å². The van der Waals surface area contributed by atoms with Gasteiger partial charge >= 0.3 is 0 Å². The van der Waals surface area contributed by atoms with Gasteiger partial charge in [-0.1, -0.05) is 6.07 Å². The minimum Gasteiger partial charge on any atom is -0.393 e. The largest absolute Gasteiger partial charge is 0.393 e. The fraction of sp³-hybridized carbons (Fsp3) is 0.571. The first-order chi connectivity index (χ1) is 8.86. The molecular weight excluding hydrogens is 262 g/mol. The summed E-state index contributed by atoms with van der Waals surface area (Å²) in [5.41, 5.74) is 1.92. The number of hydrogen-bond donors (Lipinski definition) is 2. The second kappa shape index (κ2) is 5.51. The summed E-state index contributed by atoms with van der Waals surface area (Å²) >= 11 is 0. The lowest BCUT2D eigenvalue weighted by Crippen LogP contribution is -2.28. The third-order valence-corrected chi connectivity index (χ3v) is 4.80. The van der Waals surface area contributed by atoms with Gasteiger partial charge in [-0.3, -0.25) is 0 Å². The minimum absolute atomic E-state index is 0.179. The third kappa shape index (κ3) is 3.70. The predicted octanol–water partition coefficient (Wildman–Crippen LogP) is 2.11. The number of aliphatic hydroxyl groups is 1. The Hall–Kier alpha value is -1.07. The van der Waals surface area contributed by atoms with Crippen molar-refractivity contribution < 1.29 is 13.5 Å². The maximum absolute atomic E-state index is 11.6. The Bertz CT molecular complexity index is 546. The van der Waals surface area contributed by atoms with E-state index in [9.17, 15) is 13.5 Å². The summed E-state index contributed by atoms with van der Waals surface area (Å²) < 4.78 is 23.1. The fourth-order valence-corrected chi connectivity index (χ4v) is 3.07. The lowest BCUT2D eigenvalue weighted by molar-refractivity contribution is 0.126. The smallest absolute Gasteiger partial charge is 0.175 e. The van der Waals surface area contributed by atoms with E-state index in [1.54, 1.807) is 12.1 Å². The molecule has 0 atom stereocenters. The summed E-state index contributed by atoms with van der Waals surface area (Å²) in [6.45, 7) is 1.96. The molecule has 1 aliphatic rings. The molecule has 1 saturated carbocycles. The van der Waals surface area contributed by atoms with Crippen molar-refractivity contribution in [3.05, 3.63) is 23.8 Å². The Labute approximate surface area is 114 Å². The van der Waals surface area contributed by atoms with Crippen molar-refractivity contribution in [3.63, 3.8) is 0 Å². The molecule has 0 aliphatic heterocycles. The van der Waals surface area contributed by atoms with Crippen molar-refractivity contribution in [2.24, 2.45) is 0 Å². The Morgan fingerprint density at radius 2 is 1.84 bits per heavy atom. The molecule has 4 nitrogen and oxygen atoms in total. The van der Waals surface area contributed by atoms with Crippen LogP contribution in [-0.4, -0.2) is 31.9 Å². The van der Waals surface area contributed by atoms with Gasteiger partial charge in [0.1, 0.15) is 0 Å². The van der Waals surface area contributed by atoms with E-state index < -0.39 is 9.84 Å². The predicted molar refractivity (Wildman–Crippen MR) is 76.2 cm³/mol. The van der Waals surface area contributed by atoms with E-state index in [0.29, 0.717) is 10.9 Å². The van der Waals surface area contributed by atoms with Crippen molar-refractivity contribution in [1.29, 1.82) is 0 Å². The zero-order chi connectivity index (χ0) is 14.0. The van der Waals surface area contributed by atoms with E-state index in [4.69, 9.17) is 0 Å². The first kappa shape index (κ1) is 14.3. The highest BCUT2D eigenvalue weighted by Crippen LogP contribution is 2.25. The van der Waals surface area contributed by atoms with Gasteiger partial charge in [-0.2, -0.15) is 0 Å². The minimum atomic E-state index is -3.17. The van der Waals surface area contributed by atoms with Gasteiger partial charge in [0.25, 0.3) is 0 Å². The van der Waals surface area contributed by atoms with Gasteiger partial charge in [0, 0.05) is 18.0 Å². The van der Waals surface area contributed by atoms with Gasteiger partial charge in [-0.05, 0) is 50.3 Å². The maximum atomic E-state index is 11.6. The van der Waals surface area contributed by atoms with Crippen LogP contribution in [0.15, 0.2) is 23.1 Å². The molecule has 0 bridgehead atoms. The summed E-state index contributed by atoms with van der Waals surface area (Å²) in [4.78, 5) is 0.344.